The zero-order chi connectivity index (χ0) is 12.6. The van der Waals surface area contributed by atoms with E-state index in [2.05, 4.69) is 0 Å². The standard InChI is InChI=1S/C6H10O2.C6H6OS/c1-3-4-6(8)5(2)7;1-5(8)6-3-2-4-7-6/h3-4H2,1-2H3;2-4H,1H3. The highest BCUT2D eigenvalue weighted by atomic mass is 32.1. The molecule has 1 rings (SSSR count). The molecular formula is C12H16O3S. The number of hydrogen-bond donors (Lipinski definition) is 0. The van der Waals surface area contributed by atoms with Crippen molar-refractivity contribution >= 4 is 28.6 Å². The van der Waals surface area contributed by atoms with Crippen molar-refractivity contribution in [3.63, 3.8) is 0 Å². The van der Waals surface area contributed by atoms with E-state index < -0.39 is 0 Å². The maximum Gasteiger partial charge on any atom is 0.198 e. The average molecular weight is 240 g/mol. The molecule has 0 aliphatic carbocycles. The second-order valence-electron chi connectivity index (χ2n) is 3.26. The Balaban J connectivity index is 0.000000281. The van der Waals surface area contributed by atoms with Crippen molar-refractivity contribution in [2.45, 2.75) is 33.6 Å². The summed E-state index contributed by atoms with van der Waals surface area (Å²) in [6, 6.07) is 3.67. The molecule has 0 aromatic carbocycles. The van der Waals surface area contributed by atoms with Crippen LogP contribution in [0.5, 0.6) is 0 Å². The van der Waals surface area contributed by atoms with Crippen molar-refractivity contribution in [3.8, 4) is 0 Å². The maximum atomic E-state index is 10.4. The summed E-state index contributed by atoms with van der Waals surface area (Å²) in [6.07, 6.45) is 2.78. The molecule has 1 aromatic rings. The summed E-state index contributed by atoms with van der Waals surface area (Å²) in [6.45, 7) is 5.02. The lowest BCUT2D eigenvalue weighted by molar-refractivity contribution is -0.135. The lowest BCUT2D eigenvalue weighted by atomic mass is 10.2. The van der Waals surface area contributed by atoms with E-state index in [1.54, 1.807) is 6.26 Å². The fraction of sp³-hybridized carbons (Fsp3) is 0.417. The van der Waals surface area contributed by atoms with E-state index >= 15 is 0 Å². The number of carbonyl (C=O) groups excluding carboxylic acids is 2. The molecule has 0 N–H and O–H groups in total. The molecule has 0 atom stereocenters. The minimum Gasteiger partial charge on any atom is -0.464 e. The first-order valence-corrected chi connectivity index (χ1v) is 5.48. The van der Waals surface area contributed by atoms with E-state index in [-0.39, 0.29) is 11.6 Å². The van der Waals surface area contributed by atoms with Gasteiger partial charge in [0.2, 0.25) is 0 Å². The van der Waals surface area contributed by atoms with Gasteiger partial charge in [-0.05, 0) is 25.5 Å². The Bertz CT molecular complexity index is 352. The molecule has 0 radical (unpaired) electrons. The van der Waals surface area contributed by atoms with Crippen LogP contribution < -0.4 is 0 Å². The van der Waals surface area contributed by atoms with Gasteiger partial charge in [0, 0.05) is 13.3 Å². The van der Waals surface area contributed by atoms with E-state index in [0.717, 1.165) is 17.0 Å². The molecule has 0 aliphatic rings. The molecule has 0 aliphatic heterocycles. The Labute approximate surface area is 101 Å². The van der Waals surface area contributed by atoms with Gasteiger partial charge < -0.3 is 4.42 Å². The summed E-state index contributed by atoms with van der Waals surface area (Å²) in [7, 11) is 0. The van der Waals surface area contributed by atoms with Gasteiger partial charge in [0.15, 0.2) is 11.6 Å². The van der Waals surface area contributed by atoms with Gasteiger partial charge in [0.1, 0.15) is 5.76 Å². The SMILES string of the molecule is CC(=S)c1ccco1.CCCC(=O)C(C)=O. The van der Waals surface area contributed by atoms with E-state index in [0.29, 0.717) is 6.42 Å². The summed E-state index contributed by atoms with van der Waals surface area (Å²) in [5.74, 6) is 0.208. The largest absolute Gasteiger partial charge is 0.464 e. The Hall–Kier alpha value is -1.29. The van der Waals surface area contributed by atoms with Gasteiger partial charge in [-0.25, -0.2) is 0 Å². The van der Waals surface area contributed by atoms with E-state index in [4.69, 9.17) is 16.6 Å². The Morgan fingerprint density at radius 2 is 2.00 bits per heavy atom. The minimum atomic E-state index is -0.327. The van der Waals surface area contributed by atoms with Gasteiger partial charge in [-0.2, -0.15) is 0 Å². The number of thiocarbonyl (C=S) groups is 1. The van der Waals surface area contributed by atoms with Gasteiger partial charge in [-0.15, -0.1) is 0 Å². The Kier molecular flexibility index (Phi) is 7.29. The molecule has 0 amide bonds. The third kappa shape index (κ3) is 6.24. The fourth-order valence-corrected chi connectivity index (χ4v) is 0.998. The summed E-state index contributed by atoms with van der Waals surface area (Å²) in [5, 5.41) is 0. The van der Waals surface area contributed by atoms with E-state index in [9.17, 15) is 9.59 Å². The van der Waals surface area contributed by atoms with Crippen molar-refractivity contribution in [1.29, 1.82) is 0 Å². The van der Waals surface area contributed by atoms with Gasteiger partial charge >= 0.3 is 0 Å². The molecule has 0 saturated heterocycles. The first-order valence-electron chi connectivity index (χ1n) is 5.07. The van der Waals surface area contributed by atoms with Crippen LogP contribution in [0.15, 0.2) is 22.8 Å². The van der Waals surface area contributed by atoms with Crippen molar-refractivity contribution in [1.82, 2.24) is 0 Å². The molecule has 88 valence electrons. The zero-order valence-corrected chi connectivity index (χ0v) is 10.6. The highest BCUT2D eigenvalue weighted by Gasteiger charge is 2.03. The molecule has 1 aromatic heterocycles. The first kappa shape index (κ1) is 14.7. The fourth-order valence-electron chi connectivity index (χ4n) is 0.882. The Morgan fingerprint density at radius 1 is 1.38 bits per heavy atom. The van der Waals surface area contributed by atoms with Crippen molar-refractivity contribution in [2.75, 3.05) is 0 Å². The normalized spacial score (nSPS) is 8.94. The predicted molar refractivity (Wildman–Crippen MR) is 66.7 cm³/mol. The number of furan rings is 1. The first-order chi connectivity index (χ1) is 7.49. The summed E-state index contributed by atoms with van der Waals surface area (Å²) >= 11 is 4.82. The molecule has 0 spiro atoms. The zero-order valence-electron chi connectivity index (χ0n) is 9.78. The summed E-state index contributed by atoms with van der Waals surface area (Å²) < 4.78 is 4.95. The van der Waals surface area contributed by atoms with Crippen LogP contribution in [-0.4, -0.2) is 16.4 Å². The number of ketones is 2. The molecule has 3 nitrogen and oxygen atoms in total. The third-order valence-electron chi connectivity index (χ3n) is 1.74. The monoisotopic (exact) mass is 240 g/mol. The van der Waals surface area contributed by atoms with Crippen LogP contribution in [0.1, 0.15) is 39.4 Å². The topological polar surface area (TPSA) is 47.3 Å². The molecule has 0 unspecified atom stereocenters. The van der Waals surface area contributed by atoms with Crippen molar-refractivity contribution in [3.05, 3.63) is 24.2 Å². The second kappa shape index (κ2) is 7.93. The van der Waals surface area contributed by atoms with Crippen LogP contribution in [-0.2, 0) is 9.59 Å². The third-order valence-corrected chi connectivity index (χ3v) is 1.94. The van der Waals surface area contributed by atoms with Gasteiger partial charge in [0.05, 0.1) is 11.1 Å². The van der Waals surface area contributed by atoms with Crippen LogP contribution in [0.2, 0.25) is 0 Å². The lowest BCUT2D eigenvalue weighted by Gasteiger charge is -1.87. The van der Waals surface area contributed by atoms with Crippen LogP contribution in [0, 0.1) is 0 Å². The predicted octanol–water partition coefficient (Wildman–Crippen LogP) is 2.96. The molecule has 16 heavy (non-hydrogen) atoms. The molecular weight excluding hydrogens is 224 g/mol. The second-order valence-corrected chi connectivity index (χ2v) is 3.88. The van der Waals surface area contributed by atoms with E-state index in [1.165, 1.54) is 6.92 Å². The van der Waals surface area contributed by atoms with Gasteiger partial charge in [0.25, 0.3) is 0 Å². The van der Waals surface area contributed by atoms with Crippen LogP contribution >= 0.6 is 12.2 Å². The highest BCUT2D eigenvalue weighted by Crippen LogP contribution is 2.00. The molecule has 4 heteroatoms. The van der Waals surface area contributed by atoms with Crippen LogP contribution in [0.25, 0.3) is 0 Å². The van der Waals surface area contributed by atoms with Crippen molar-refractivity contribution < 1.29 is 14.0 Å². The van der Waals surface area contributed by atoms with Crippen LogP contribution in [0.4, 0.5) is 0 Å². The van der Waals surface area contributed by atoms with Crippen LogP contribution in [0.3, 0.4) is 0 Å². The van der Waals surface area contributed by atoms with Crippen molar-refractivity contribution in [2.24, 2.45) is 0 Å². The number of carbonyl (C=O) groups is 2. The summed E-state index contributed by atoms with van der Waals surface area (Å²) in [5.41, 5.74) is 0. The molecule has 0 fully saturated rings. The number of rotatable bonds is 4. The highest BCUT2D eigenvalue weighted by molar-refractivity contribution is 7.80. The van der Waals surface area contributed by atoms with E-state index in [1.807, 2.05) is 26.0 Å². The quantitative estimate of drug-likeness (QED) is 0.461. The molecule has 0 bridgehead atoms. The Morgan fingerprint density at radius 3 is 2.19 bits per heavy atom. The number of Topliss-reactive ketones (excluding diaryl/α,β-unsaturated/α-hetero) is 2. The average Bonchev–Trinajstić information content (AvgIpc) is 2.71. The van der Waals surface area contributed by atoms with Gasteiger partial charge in [-0.3, -0.25) is 9.59 Å². The lowest BCUT2D eigenvalue weighted by Crippen LogP contribution is -2.07. The minimum absolute atomic E-state index is 0.257. The van der Waals surface area contributed by atoms with Gasteiger partial charge in [-0.1, -0.05) is 19.1 Å². The number of hydrogen-bond acceptors (Lipinski definition) is 4. The smallest absolute Gasteiger partial charge is 0.198 e. The maximum absolute atomic E-state index is 10.4. The molecule has 0 saturated carbocycles. The summed E-state index contributed by atoms with van der Waals surface area (Å²) in [4.78, 5) is 21.4. The molecule has 1 heterocycles.